The van der Waals surface area contributed by atoms with E-state index in [1.807, 2.05) is 6.92 Å². The molecule has 0 saturated heterocycles. The van der Waals surface area contributed by atoms with Crippen molar-refractivity contribution in [3.63, 3.8) is 0 Å². The van der Waals surface area contributed by atoms with Gasteiger partial charge in [0.25, 0.3) is 0 Å². The van der Waals surface area contributed by atoms with Crippen LogP contribution in [0.2, 0.25) is 0 Å². The molecule has 0 aliphatic heterocycles. The molecule has 188 valence electrons. The number of nitrogens with one attached hydrogen (secondary N) is 1. The smallest absolute Gasteiger partial charge is 0.408 e. The molecule has 5 heteroatoms. The van der Waals surface area contributed by atoms with Gasteiger partial charge in [-0.1, -0.05) is 129 Å². The summed E-state index contributed by atoms with van der Waals surface area (Å²) in [5, 5.41) is 2.58. The van der Waals surface area contributed by atoms with E-state index in [1.54, 1.807) is 0 Å². The molecule has 0 fully saturated rings. The highest BCUT2D eigenvalue weighted by Gasteiger charge is 2.21. The Labute approximate surface area is 198 Å². The van der Waals surface area contributed by atoms with Gasteiger partial charge in [-0.3, -0.25) is 0 Å². The number of hydrogen-bond donors (Lipinski definition) is 1. The van der Waals surface area contributed by atoms with Gasteiger partial charge in [-0.15, -0.1) is 0 Å². The highest BCUT2D eigenvalue weighted by molar-refractivity contribution is 5.81. The summed E-state index contributed by atoms with van der Waals surface area (Å²) in [7, 11) is 0. The number of esters is 1. The molecule has 1 unspecified atom stereocenters. The highest BCUT2D eigenvalue weighted by atomic mass is 16.6. The first kappa shape index (κ1) is 30.5. The standard InChI is InChI=1S/C27H51NO4/c1-4-7-8-9-10-11-12-13-14-15-16-17-18-19-20-21-24-31-26(29)25(22-5-2)28-27(30)32-23-6-3/h6,25H,3-5,7-24H2,1-2H3,(H,28,30). The number of alkyl carbamates (subject to hydrolysis) is 1. The normalized spacial score (nSPS) is 11.7. The third-order valence-electron chi connectivity index (χ3n) is 5.73. The molecule has 0 aromatic carbocycles. The van der Waals surface area contributed by atoms with Gasteiger partial charge >= 0.3 is 12.1 Å². The molecule has 0 aliphatic carbocycles. The van der Waals surface area contributed by atoms with E-state index in [1.165, 1.54) is 96.0 Å². The lowest BCUT2D eigenvalue weighted by Crippen LogP contribution is -2.42. The largest absolute Gasteiger partial charge is 0.464 e. The first-order valence-corrected chi connectivity index (χ1v) is 13.4. The molecule has 32 heavy (non-hydrogen) atoms. The molecule has 0 radical (unpaired) electrons. The molecule has 0 rings (SSSR count). The third kappa shape index (κ3) is 20.4. The topological polar surface area (TPSA) is 64.6 Å². The van der Waals surface area contributed by atoms with Crippen LogP contribution in [0.15, 0.2) is 12.7 Å². The summed E-state index contributed by atoms with van der Waals surface area (Å²) in [6.45, 7) is 8.27. The zero-order valence-corrected chi connectivity index (χ0v) is 21.1. The molecule has 0 bridgehead atoms. The molecule has 1 N–H and O–H groups in total. The minimum atomic E-state index is -0.640. The van der Waals surface area contributed by atoms with E-state index >= 15 is 0 Å². The Balaban J connectivity index is 3.51. The number of amides is 1. The van der Waals surface area contributed by atoms with Crippen molar-refractivity contribution in [2.45, 2.75) is 135 Å². The van der Waals surface area contributed by atoms with E-state index in [4.69, 9.17) is 9.47 Å². The van der Waals surface area contributed by atoms with E-state index in [-0.39, 0.29) is 12.6 Å². The lowest BCUT2D eigenvalue weighted by molar-refractivity contribution is -0.146. The Hall–Kier alpha value is -1.52. The van der Waals surface area contributed by atoms with Crippen molar-refractivity contribution in [3.8, 4) is 0 Å². The SMILES string of the molecule is C=CCOC(=O)NC(CCC)C(=O)OCCCCCCCCCCCCCCCCCC. The molecule has 1 atom stereocenters. The Morgan fingerprint density at radius 1 is 0.719 bits per heavy atom. The monoisotopic (exact) mass is 453 g/mol. The second kappa shape index (κ2) is 24.1. The van der Waals surface area contributed by atoms with Crippen molar-refractivity contribution in [3.05, 3.63) is 12.7 Å². The maximum absolute atomic E-state index is 12.2. The van der Waals surface area contributed by atoms with Gasteiger partial charge < -0.3 is 14.8 Å². The summed E-state index contributed by atoms with van der Waals surface area (Å²) in [6.07, 6.45) is 23.3. The fraction of sp³-hybridized carbons (Fsp3) is 0.852. The number of rotatable bonds is 23. The molecule has 5 nitrogen and oxygen atoms in total. The van der Waals surface area contributed by atoms with Crippen molar-refractivity contribution in [1.82, 2.24) is 5.32 Å². The van der Waals surface area contributed by atoms with Gasteiger partial charge in [-0.2, -0.15) is 0 Å². The van der Waals surface area contributed by atoms with Crippen LogP contribution in [-0.2, 0) is 14.3 Å². The number of ether oxygens (including phenoxy) is 2. The summed E-state index contributed by atoms with van der Waals surface area (Å²) in [6, 6.07) is -0.640. The van der Waals surface area contributed by atoms with Crippen LogP contribution in [0.25, 0.3) is 0 Å². The minimum Gasteiger partial charge on any atom is -0.464 e. The van der Waals surface area contributed by atoms with Crippen LogP contribution in [-0.4, -0.2) is 31.3 Å². The highest BCUT2D eigenvalue weighted by Crippen LogP contribution is 2.13. The van der Waals surface area contributed by atoms with Gasteiger partial charge in [-0.25, -0.2) is 9.59 Å². The van der Waals surface area contributed by atoms with Crippen LogP contribution in [0, 0.1) is 0 Å². The first-order valence-electron chi connectivity index (χ1n) is 13.4. The lowest BCUT2D eigenvalue weighted by Gasteiger charge is -2.16. The van der Waals surface area contributed by atoms with Gasteiger partial charge in [0.2, 0.25) is 0 Å². The zero-order chi connectivity index (χ0) is 23.7. The molecule has 1 amide bonds. The molecular formula is C27H51NO4. The third-order valence-corrected chi connectivity index (χ3v) is 5.73. The Morgan fingerprint density at radius 3 is 1.62 bits per heavy atom. The van der Waals surface area contributed by atoms with Crippen LogP contribution >= 0.6 is 0 Å². The number of unbranched alkanes of at least 4 members (excludes halogenated alkanes) is 15. The van der Waals surface area contributed by atoms with Gasteiger partial charge in [0.1, 0.15) is 12.6 Å². The predicted octanol–water partition coefficient (Wildman–Crippen LogP) is 7.87. The second-order valence-corrected chi connectivity index (χ2v) is 8.84. The van der Waals surface area contributed by atoms with Crippen molar-refractivity contribution >= 4 is 12.1 Å². The van der Waals surface area contributed by atoms with Crippen molar-refractivity contribution in [1.29, 1.82) is 0 Å². The molecule has 0 spiro atoms. The van der Waals surface area contributed by atoms with E-state index in [9.17, 15) is 9.59 Å². The van der Waals surface area contributed by atoms with Crippen molar-refractivity contribution in [2.75, 3.05) is 13.2 Å². The molecule has 0 heterocycles. The van der Waals surface area contributed by atoms with Gasteiger partial charge in [0.05, 0.1) is 6.61 Å². The zero-order valence-electron chi connectivity index (χ0n) is 21.1. The maximum Gasteiger partial charge on any atom is 0.408 e. The Kier molecular flexibility index (Phi) is 23.0. The van der Waals surface area contributed by atoms with Crippen molar-refractivity contribution in [2.24, 2.45) is 0 Å². The molecule has 0 saturated carbocycles. The van der Waals surface area contributed by atoms with E-state index in [2.05, 4.69) is 18.8 Å². The van der Waals surface area contributed by atoms with E-state index in [0.29, 0.717) is 13.0 Å². The number of carbonyl (C=O) groups is 2. The van der Waals surface area contributed by atoms with Gasteiger partial charge in [0.15, 0.2) is 0 Å². The summed E-state index contributed by atoms with van der Waals surface area (Å²) in [4.78, 5) is 23.8. The fourth-order valence-corrected chi connectivity index (χ4v) is 3.78. The summed E-state index contributed by atoms with van der Waals surface area (Å²) < 4.78 is 10.2. The summed E-state index contributed by atoms with van der Waals surface area (Å²) >= 11 is 0. The van der Waals surface area contributed by atoms with Gasteiger partial charge in [-0.05, 0) is 12.8 Å². The van der Waals surface area contributed by atoms with Crippen LogP contribution in [0.5, 0.6) is 0 Å². The van der Waals surface area contributed by atoms with Crippen LogP contribution in [0.1, 0.15) is 129 Å². The fourth-order valence-electron chi connectivity index (χ4n) is 3.78. The Morgan fingerprint density at radius 2 is 1.19 bits per heavy atom. The van der Waals surface area contributed by atoms with Gasteiger partial charge in [0, 0.05) is 0 Å². The van der Waals surface area contributed by atoms with E-state index < -0.39 is 12.1 Å². The van der Waals surface area contributed by atoms with Crippen LogP contribution in [0.3, 0.4) is 0 Å². The number of carbonyl (C=O) groups excluding carboxylic acids is 2. The maximum atomic E-state index is 12.2. The quantitative estimate of drug-likeness (QED) is 0.0971. The summed E-state index contributed by atoms with van der Waals surface area (Å²) in [5.41, 5.74) is 0. The van der Waals surface area contributed by atoms with Crippen LogP contribution in [0.4, 0.5) is 4.79 Å². The average molecular weight is 454 g/mol. The van der Waals surface area contributed by atoms with Crippen LogP contribution < -0.4 is 5.32 Å². The number of hydrogen-bond acceptors (Lipinski definition) is 4. The lowest BCUT2D eigenvalue weighted by atomic mass is 10.0. The molecule has 0 aromatic heterocycles. The first-order chi connectivity index (χ1) is 15.7. The minimum absolute atomic E-state index is 0.124. The summed E-state index contributed by atoms with van der Waals surface area (Å²) in [5.74, 6) is -0.372. The van der Waals surface area contributed by atoms with Crippen molar-refractivity contribution < 1.29 is 19.1 Å². The van der Waals surface area contributed by atoms with E-state index in [0.717, 1.165) is 19.3 Å². The predicted molar refractivity (Wildman–Crippen MR) is 134 cm³/mol. The Bertz CT molecular complexity index is 453. The average Bonchev–Trinajstić information content (AvgIpc) is 2.79. The second-order valence-electron chi connectivity index (χ2n) is 8.84. The molecule has 0 aromatic rings. The molecular weight excluding hydrogens is 402 g/mol. The molecule has 0 aliphatic rings.